The van der Waals surface area contributed by atoms with E-state index in [0.717, 1.165) is 15.3 Å². The van der Waals surface area contributed by atoms with Crippen LogP contribution in [0.5, 0.6) is 0 Å². The lowest BCUT2D eigenvalue weighted by Crippen LogP contribution is -2.37. The molecular formula is C23H20ClN3O3S. The number of nitrogens with zero attached hydrogens (tertiary/aromatic N) is 2. The van der Waals surface area contributed by atoms with Gasteiger partial charge in [0.1, 0.15) is 6.04 Å². The van der Waals surface area contributed by atoms with Crippen molar-refractivity contribution in [1.29, 1.82) is 0 Å². The minimum atomic E-state index is -0.886. The molecule has 158 valence electrons. The lowest BCUT2D eigenvalue weighted by molar-refractivity contribution is -0.124. The highest BCUT2D eigenvalue weighted by Crippen LogP contribution is 2.29. The van der Waals surface area contributed by atoms with E-state index >= 15 is 0 Å². The second-order valence-corrected chi connectivity index (χ2v) is 8.74. The molecule has 31 heavy (non-hydrogen) atoms. The Kier molecular flexibility index (Phi) is 6.06. The third-order valence-corrected chi connectivity index (χ3v) is 6.14. The molecule has 0 aliphatic carbocycles. The van der Waals surface area contributed by atoms with Crippen LogP contribution in [0.25, 0.3) is 0 Å². The molecule has 0 unspecified atom stereocenters. The molecule has 4 rings (SSSR count). The fourth-order valence-electron chi connectivity index (χ4n) is 3.44. The van der Waals surface area contributed by atoms with Gasteiger partial charge in [0.25, 0.3) is 5.91 Å². The second-order valence-electron chi connectivity index (χ2n) is 7.27. The van der Waals surface area contributed by atoms with E-state index in [9.17, 15) is 14.4 Å². The molecule has 4 amide bonds. The predicted octanol–water partition coefficient (Wildman–Crippen LogP) is 5.08. The van der Waals surface area contributed by atoms with E-state index < -0.39 is 18.0 Å². The first-order valence-electron chi connectivity index (χ1n) is 9.71. The second kappa shape index (κ2) is 8.91. The van der Waals surface area contributed by atoms with E-state index in [0.29, 0.717) is 16.4 Å². The molecule has 3 aromatic rings. The monoisotopic (exact) mass is 453 g/mol. The zero-order valence-electron chi connectivity index (χ0n) is 16.7. The van der Waals surface area contributed by atoms with Crippen LogP contribution >= 0.6 is 22.9 Å². The number of benzene rings is 2. The van der Waals surface area contributed by atoms with E-state index in [1.54, 1.807) is 36.4 Å². The molecule has 0 saturated carbocycles. The van der Waals surface area contributed by atoms with Crippen LogP contribution in [0.2, 0.25) is 5.02 Å². The van der Waals surface area contributed by atoms with E-state index in [-0.39, 0.29) is 18.9 Å². The Balaban J connectivity index is 1.58. The average Bonchev–Trinajstić information content (AvgIpc) is 3.33. The maximum absolute atomic E-state index is 13.2. The Morgan fingerprint density at radius 2 is 1.77 bits per heavy atom. The van der Waals surface area contributed by atoms with Gasteiger partial charge in [-0.1, -0.05) is 35.4 Å². The molecule has 1 aromatic heterocycles. The van der Waals surface area contributed by atoms with Crippen molar-refractivity contribution in [3.63, 3.8) is 0 Å². The van der Waals surface area contributed by atoms with Crippen molar-refractivity contribution >= 4 is 52.2 Å². The van der Waals surface area contributed by atoms with Crippen molar-refractivity contribution in [1.82, 2.24) is 4.90 Å². The summed E-state index contributed by atoms with van der Waals surface area (Å²) < 4.78 is 0. The van der Waals surface area contributed by atoms with Crippen LogP contribution in [0.3, 0.4) is 0 Å². The predicted molar refractivity (Wildman–Crippen MR) is 122 cm³/mol. The molecule has 2 heterocycles. The number of imide groups is 1. The maximum Gasteiger partial charge on any atom is 0.332 e. The van der Waals surface area contributed by atoms with E-state index in [2.05, 4.69) is 5.32 Å². The molecule has 0 spiro atoms. The van der Waals surface area contributed by atoms with E-state index in [1.807, 2.05) is 36.6 Å². The van der Waals surface area contributed by atoms with Crippen molar-refractivity contribution < 1.29 is 14.4 Å². The lowest BCUT2D eigenvalue weighted by atomic mass is 10.1. The first-order chi connectivity index (χ1) is 14.9. The van der Waals surface area contributed by atoms with Crippen LogP contribution < -0.4 is 10.2 Å². The molecular weight excluding hydrogens is 434 g/mol. The van der Waals surface area contributed by atoms with Crippen molar-refractivity contribution in [3.8, 4) is 0 Å². The number of rotatable bonds is 6. The van der Waals surface area contributed by atoms with E-state index in [4.69, 9.17) is 11.6 Å². The average molecular weight is 454 g/mol. The standard InChI is InChI=1S/C23H20ClN3O3S/c1-15-4-10-18(11-5-15)27-22(29)20(26(23(27)30)14-19-3-2-12-31-19)13-21(28)25-17-8-6-16(24)7-9-17/h2-12,20H,13-14H2,1H3,(H,25,28)/t20-/m1/s1. The first-order valence-corrected chi connectivity index (χ1v) is 11.0. The number of carbonyl (C=O) groups is 3. The van der Waals surface area contributed by atoms with Crippen molar-refractivity contribution in [3.05, 3.63) is 81.5 Å². The van der Waals surface area contributed by atoms with Crippen molar-refractivity contribution in [2.75, 3.05) is 10.2 Å². The SMILES string of the molecule is Cc1ccc(N2C(=O)[C@@H](CC(=O)Nc3ccc(Cl)cc3)N(Cc3cccs3)C2=O)cc1. The minimum Gasteiger partial charge on any atom is -0.326 e. The molecule has 0 radical (unpaired) electrons. The quantitative estimate of drug-likeness (QED) is 0.529. The summed E-state index contributed by atoms with van der Waals surface area (Å²) in [6.07, 6.45) is -0.138. The molecule has 1 saturated heterocycles. The summed E-state index contributed by atoms with van der Waals surface area (Å²) in [4.78, 5) is 42.7. The normalized spacial score (nSPS) is 16.1. The van der Waals surface area contributed by atoms with Crippen molar-refractivity contribution in [2.24, 2.45) is 0 Å². The molecule has 0 bridgehead atoms. The zero-order chi connectivity index (χ0) is 22.0. The van der Waals surface area contributed by atoms with Gasteiger partial charge in [-0.3, -0.25) is 9.59 Å². The molecule has 1 atom stereocenters. The molecule has 6 nitrogen and oxygen atoms in total. The zero-order valence-corrected chi connectivity index (χ0v) is 18.3. The number of nitrogens with one attached hydrogen (secondary N) is 1. The number of amides is 4. The Bertz CT molecular complexity index is 1100. The van der Waals surface area contributed by atoms with Gasteiger partial charge >= 0.3 is 6.03 Å². The van der Waals surface area contributed by atoms with Gasteiger partial charge in [-0.2, -0.15) is 0 Å². The summed E-state index contributed by atoms with van der Waals surface area (Å²) in [6, 6.07) is 16.4. The first kappa shape index (κ1) is 21.1. The third-order valence-electron chi connectivity index (χ3n) is 5.02. The highest BCUT2D eigenvalue weighted by molar-refractivity contribution is 7.09. The van der Waals surface area contributed by atoms with E-state index in [1.165, 1.54) is 16.2 Å². The summed E-state index contributed by atoms with van der Waals surface area (Å²) in [7, 11) is 0. The number of thiophene rings is 1. The van der Waals surface area contributed by atoms with Crippen LogP contribution in [-0.2, 0) is 16.1 Å². The van der Waals surface area contributed by atoms with Gasteiger partial charge in [0.05, 0.1) is 18.7 Å². The molecule has 8 heteroatoms. The lowest BCUT2D eigenvalue weighted by Gasteiger charge is -2.21. The Morgan fingerprint density at radius 3 is 2.42 bits per heavy atom. The smallest absolute Gasteiger partial charge is 0.326 e. The fourth-order valence-corrected chi connectivity index (χ4v) is 4.27. The molecule has 1 aliphatic heterocycles. The van der Waals surface area contributed by atoms with Gasteiger partial charge < -0.3 is 10.2 Å². The van der Waals surface area contributed by atoms with Crippen LogP contribution in [0, 0.1) is 6.92 Å². The number of halogens is 1. The summed E-state index contributed by atoms with van der Waals surface area (Å²) in [5.74, 6) is -0.757. The molecule has 1 fully saturated rings. The number of urea groups is 1. The Hall–Kier alpha value is -3.16. The summed E-state index contributed by atoms with van der Waals surface area (Å²) in [6.45, 7) is 2.20. The summed E-state index contributed by atoms with van der Waals surface area (Å²) >= 11 is 7.39. The number of hydrogen-bond donors (Lipinski definition) is 1. The van der Waals surface area contributed by atoms with Crippen LogP contribution in [-0.4, -0.2) is 28.8 Å². The largest absolute Gasteiger partial charge is 0.332 e. The maximum atomic E-state index is 13.2. The van der Waals surface area contributed by atoms with Crippen LogP contribution in [0.4, 0.5) is 16.2 Å². The van der Waals surface area contributed by atoms with Crippen LogP contribution in [0.15, 0.2) is 66.0 Å². The van der Waals surface area contributed by atoms with Crippen molar-refractivity contribution in [2.45, 2.75) is 25.9 Å². The number of aryl methyl sites for hydroxylation is 1. The minimum absolute atomic E-state index is 0.138. The third kappa shape index (κ3) is 4.62. The Labute approximate surface area is 189 Å². The topological polar surface area (TPSA) is 69.7 Å². The van der Waals surface area contributed by atoms with Gasteiger partial charge in [0.2, 0.25) is 5.91 Å². The van der Waals surface area contributed by atoms with Gasteiger partial charge in [-0.15, -0.1) is 11.3 Å². The van der Waals surface area contributed by atoms with Crippen LogP contribution in [0.1, 0.15) is 16.9 Å². The molecule has 1 N–H and O–H groups in total. The number of anilines is 2. The molecule has 1 aliphatic rings. The van der Waals surface area contributed by atoms with Gasteiger partial charge in [-0.25, -0.2) is 9.69 Å². The summed E-state index contributed by atoms with van der Waals surface area (Å²) in [5.41, 5.74) is 2.10. The Morgan fingerprint density at radius 1 is 1.06 bits per heavy atom. The fraction of sp³-hybridized carbons (Fsp3) is 0.174. The highest BCUT2D eigenvalue weighted by Gasteiger charge is 2.46. The van der Waals surface area contributed by atoms with Gasteiger partial charge in [0, 0.05) is 15.6 Å². The highest BCUT2D eigenvalue weighted by atomic mass is 35.5. The van der Waals surface area contributed by atoms with Gasteiger partial charge in [-0.05, 0) is 54.8 Å². The number of hydrogen-bond acceptors (Lipinski definition) is 4. The number of carbonyl (C=O) groups excluding carboxylic acids is 3. The molecule has 2 aromatic carbocycles. The summed E-state index contributed by atoms with van der Waals surface area (Å²) in [5, 5.41) is 5.24. The van der Waals surface area contributed by atoms with Gasteiger partial charge in [0.15, 0.2) is 0 Å².